The highest BCUT2D eigenvalue weighted by molar-refractivity contribution is 9.10. The molecule has 0 radical (unpaired) electrons. The molecule has 112 valence electrons. The molecule has 0 saturated carbocycles. The van der Waals surface area contributed by atoms with E-state index in [4.69, 9.17) is 4.74 Å². The summed E-state index contributed by atoms with van der Waals surface area (Å²) >= 11 is 3.56. The molecule has 21 heavy (non-hydrogen) atoms. The van der Waals surface area contributed by atoms with E-state index in [-0.39, 0.29) is 17.6 Å². The molecule has 2 aromatic carbocycles. The lowest BCUT2D eigenvalue weighted by atomic mass is 9.95. The predicted molar refractivity (Wildman–Crippen MR) is 87.3 cm³/mol. The molecule has 0 heterocycles. The van der Waals surface area contributed by atoms with Gasteiger partial charge in [0, 0.05) is 10.5 Å². The zero-order valence-corrected chi connectivity index (χ0v) is 14.0. The maximum absolute atomic E-state index is 13.8. The van der Waals surface area contributed by atoms with E-state index in [0.717, 1.165) is 10.0 Å². The van der Waals surface area contributed by atoms with Gasteiger partial charge < -0.3 is 10.1 Å². The molecule has 0 fully saturated rings. The van der Waals surface area contributed by atoms with Gasteiger partial charge in [0.1, 0.15) is 0 Å². The number of hydrogen-bond donors (Lipinski definition) is 1. The summed E-state index contributed by atoms with van der Waals surface area (Å²) in [6, 6.07) is 11.4. The van der Waals surface area contributed by atoms with Crippen molar-refractivity contribution in [3.63, 3.8) is 0 Å². The molecule has 0 aliphatic rings. The van der Waals surface area contributed by atoms with Crippen LogP contribution in [0.1, 0.15) is 22.7 Å². The third-order valence-electron chi connectivity index (χ3n) is 3.69. The molecule has 0 aliphatic heterocycles. The molecular weight excluding hydrogens is 333 g/mol. The van der Waals surface area contributed by atoms with Crippen molar-refractivity contribution >= 4 is 15.9 Å². The molecule has 1 unspecified atom stereocenters. The first-order valence-electron chi connectivity index (χ1n) is 6.81. The Morgan fingerprint density at radius 3 is 2.67 bits per heavy atom. The number of nitrogens with one attached hydrogen (secondary N) is 1. The molecule has 0 aliphatic carbocycles. The Hall–Kier alpha value is -1.39. The Balaban J connectivity index is 2.27. The third-order valence-corrected chi connectivity index (χ3v) is 4.55. The van der Waals surface area contributed by atoms with Crippen LogP contribution < -0.4 is 10.1 Å². The second-order valence-electron chi connectivity index (χ2n) is 4.97. The molecule has 2 nitrogen and oxygen atoms in total. The number of likely N-dealkylation sites (N-methyl/N-ethyl adjacent to an activating group) is 1. The van der Waals surface area contributed by atoms with Gasteiger partial charge in [-0.2, -0.15) is 0 Å². The number of halogens is 2. The summed E-state index contributed by atoms with van der Waals surface area (Å²) in [5, 5.41) is 3.31. The smallest absolute Gasteiger partial charge is 0.165 e. The average molecular weight is 352 g/mol. The highest BCUT2D eigenvalue weighted by atomic mass is 79.9. The first-order chi connectivity index (χ1) is 10.1. The van der Waals surface area contributed by atoms with Gasteiger partial charge in [0.2, 0.25) is 0 Å². The first kappa shape index (κ1) is 16.0. The van der Waals surface area contributed by atoms with E-state index in [0.29, 0.717) is 6.42 Å². The standard InChI is InChI=1S/C17H19BrFNO/c1-11-13(5-4-6-14(11)18)16(20-2)10-12-7-8-17(21-3)15(19)9-12/h4-9,16,20H,10H2,1-3H3. The molecule has 1 atom stereocenters. The summed E-state index contributed by atoms with van der Waals surface area (Å²) in [4.78, 5) is 0. The van der Waals surface area contributed by atoms with Gasteiger partial charge in [-0.25, -0.2) is 4.39 Å². The Kier molecular flexibility index (Phi) is 5.37. The minimum atomic E-state index is -0.323. The van der Waals surface area contributed by atoms with Crippen molar-refractivity contribution in [3.8, 4) is 5.75 Å². The van der Waals surface area contributed by atoms with Crippen LogP contribution in [0.5, 0.6) is 5.75 Å². The lowest BCUT2D eigenvalue weighted by Gasteiger charge is -2.20. The second-order valence-corrected chi connectivity index (χ2v) is 5.82. The van der Waals surface area contributed by atoms with Crippen molar-refractivity contribution in [3.05, 3.63) is 63.4 Å². The minimum Gasteiger partial charge on any atom is -0.494 e. The van der Waals surface area contributed by atoms with Crippen LogP contribution >= 0.6 is 15.9 Å². The molecule has 0 amide bonds. The van der Waals surface area contributed by atoms with Gasteiger partial charge in [-0.3, -0.25) is 0 Å². The van der Waals surface area contributed by atoms with Crippen molar-refractivity contribution < 1.29 is 9.13 Å². The van der Waals surface area contributed by atoms with Crippen molar-refractivity contribution in [1.29, 1.82) is 0 Å². The highest BCUT2D eigenvalue weighted by Gasteiger charge is 2.15. The summed E-state index contributed by atoms with van der Waals surface area (Å²) in [5.74, 6) is -0.0470. The molecule has 4 heteroatoms. The molecule has 2 rings (SSSR count). The number of methoxy groups -OCH3 is 1. The number of ether oxygens (including phenoxy) is 1. The number of hydrogen-bond acceptors (Lipinski definition) is 2. The van der Waals surface area contributed by atoms with Crippen molar-refractivity contribution in [1.82, 2.24) is 5.32 Å². The van der Waals surface area contributed by atoms with Crippen molar-refractivity contribution in [2.24, 2.45) is 0 Å². The summed E-state index contributed by atoms with van der Waals surface area (Å²) in [7, 11) is 3.39. The van der Waals surface area contributed by atoms with Gasteiger partial charge >= 0.3 is 0 Å². The lowest BCUT2D eigenvalue weighted by molar-refractivity contribution is 0.386. The lowest BCUT2D eigenvalue weighted by Crippen LogP contribution is -2.20. The molecular formula is C17H19BrFNO. The first-order valence-corrected chi connectivity index (χ1v) is 7.60. The third kappa shape index (κ3) is 3.63. The van der Waals surface area contributed by atoms with Crippen LogP contribution in [0, 0.1) is 12.7 Å². The topological polar surface area (TPSA) is 21.3 Å². The van der Waals surface area contributed by atoms with E-state index in [9.17, 15) is 4.39 Å². The molecule has 0 bridgehead atoms. The van der Waals surface area contributed by atoms with Crippen LogP contribution in [-0.4, -0.2) is 14.2 Å². The molecule has 0 aromatic heterocycles. The van der Waals surface area contributed by atoms with Gasteiger partial charge in [-0.1, -0.05) is 34.1 Å². The number of rotatable bonds is 5. The van der Waals surface area contributed by atoms with Crippen molar-refractivity contribution in [2.45, 2.75) is 19.4 Å². The van der Waals surface area contributed by atoms with Gasteiger partial charge in [-0.05, 0) is 55.3 Å². The maximum atomic E-state index is 13.8. The minimum absolute atomic E-state index is 0.135. The monoisotopic (exact) mass is 351 g/mol. The summed E-state index contributed by atoms with van der Waals surface area (Å²) in [6.07, 6.45) is 0.717. The highest BCUT2D eigenvalue weighted by Crippen LogP contribution is 2.28. The molecule has 0 saturated heterocycles. The Bertz CT molecular complexity index is 630. The maximum Gasteiger partial charge on any atom is 0.165 e. The van der Waals surface area contributed by atoms with Crippen LogP contribution in [0.2, 0.25) is 0 Å². The fraction of sp³-hybridized carbons (Fsp3) is 0.294. The number of benzene rings is 2. The van der Waals surface area contributed by atoms with E-state index < -0.39 is 0 Å². The predicted octanol–water partition coefficient (Wildman–Crippen LogP) is 4.41. The zero-order chi connectivity index (χ0) is 15.4. The summed E-state index contributed by atoms with van der Waals surface area (Å²) < 4.78 is 19.8. The molecule has 0 spiro atoms. The average Bonchev–Trinajstić information content (AvgIpc) is 2.48. The Morgan fingerprint density at radius 1 is 1.29 bits per heavy atom. The Morgan fingerprint density at radius 2 is 2.05 bits per heavy atom. The quantitative estimate of drug-likeness (QED) is 0.861. The SMILES string of the molecule is CNC(Cc1ccc(OC)c(F)c1)c1cccc(Br)c1C. The summed E-state index contributed by atoms with van der Waals surface area (Å²) in [6.45, 7) is 2.08. The van der Waals surface area contributed by atoms with Crippen LogP contribution in [0.4, 0.5) is 4.39 Å². The van der Waals surface area contributed by atoms with E-state index in [1.165, 1.54) is 24.3 Å². The fourth-order valence-electron chi connectivity index (χ4n) is 2.44. The molecule has 2 aromatic rings. The largest absolute Gasteiger partial charge is 0.494 e. The van der Waals surface area contributed by atoms with Gasteiger partial charge in [0.25, 0.3) is 0 Å². The van der Waals surface area contributed by atoms with Crippen LogP contribution in [-0.2, 0) is 6.42 Å². The van der Waals surface area contributed by atoms with Crippen LogP contribution in [0.15, 0.2) is 40.9 Å². The Labute approximate surface area is 133 Å². The zero-order valence-electron chi connectivity index (χ0n) is 12.4. The summed E-state index contributed by atoms with van der Waals surface area (Å²) in [5.41, 5.74) is 3.35. The fourth-order valence-corrected chi connectivity index (χ4v) is 2.82. The van der Waals surface area contributed by atoms with Crippen LogP contribution in [0.3, 0.4) is 0 Å². The van der Waals surface area contributed by atoms with E-state index in [1.807, 2.05) is 25.2 Å². The van der Waals surface area contributed by atoms with Gasteiger partial charge in [-0.15, -0.1) is 0 Å². The van der Waals surface area contributed by atoms with E-state index >= 15 is 0 Å². The van der Waals surface area contributed by atoms with Crippen LogP contribution in [0.25, 0.3) is 0 Å². The van der Waals surface area contributed by atoms with Crippen molar-refractivity contribution in [2.75, 3.05) is 14.2 Å². The van der Waals surface area contributed by atoms with Gasteiger partial charge in [0.15, 0.2) is 11.6 Å². The second kappa shape index (κ2) is 7.05. The van der Waals surface area contributed by atoms with E-state index in [1.54, 1.807) is 6.07 Å². The normalized spacial score (nSPS) is 12.2. The van der Waals surface area contributed by atoms with E-state index in [2.05, 4.69) is 34.2 Å². The van der Waals surface area contributed by atoms with Gasteiger partial charge in [0.05, 0.1) is 7.11 Å². The molecule has 1 N–H and O–H groups in total.